The van der Waals surface area contributed by atoms with Gasteiger partial charge in [-0.1, -0.05) is 45.4 Å². The lowest BCUT2D eigenvalue weighted by atomic mass is 9.92. The second kappa shape index (κ2) is 16.3. The Kier molecular flexibility index (Phi) is 15.8. The molecule has 3 N–H and O–H groups in total. The average Bonchev–Trinajstić information content (AvgIpc) is 2.60. The van der Waals surface area contributed by atoms with Gasteiger partial charge in [0.15, 0.2) is 0 Å². The third-order valence-corrected chi connectivity index (χ3v) is 4.47. The maximum Gasteiger partial charge on any atom is 0.312 e. The number of hydrogen-bond donors (Lipinski definition) is 2. The minimum Gasteiger partial charge on any atom is -0.352 e. The molecule has 0 aromatic carbocycles. The summed E-state index contributed by atoms with van der Waals surface area (Å²) in [6.45, 7) is 10.3. The molecular formula is C20H42N2O4. The van der Waals surface area contributed by atoms with Crippen molar-refractivity contribution in [2.45, 2.75) is 91.5 Å². The summed E-state index contributed by atoms with van der Waals surface area (Å²) in [5.74, 6) is -0.864. The fraction of sp³-hybridized carbons (Fsp3) is 0.950. The summed E-state index contributed by atoms with van der Waals surface area (Å²) in [4.78, 5) is 10.9. The van der Waals surface area contributed by atoms with E-state index in [1.165, 1.54) is 32.1 Å². The van der Waals surface area contributed by atoms with Crippen LogP contribution in [0.3, 0.4) is 0 Å². The number of nitrogens with two attached hydrogens (primary N) is 1. The third-order valence-electron chi connectivity index (χ3n) is 4.47. The van der Waals surface area contributed by atoms with Crippen LogP contribution in [0, 0.1) is 5.92 Å². The number of hydrogen-bond acceptors (Lipinski definition) is 4. The molecule has 6 heteroatoms. The van der Waals surface area contributed by atoms with E-state index in [0.717, 1.165) is 25.7 Å². The van der Waals surface area contributed by atoms with Crippen LogP contribution in [0.1, 0.15) is 85.5 Å². The van der Waals surface area contributed by atoms with Crippen LogP contribution in [0.2, 0.25) is 0 Å². The molecule has 0 aromatic rings. The zero-order valence-electron chi connectivity index (χ0n) is 17.5. The number of nitrogens with one attached hydrogen (secondary N) is 1. The second-order valence-electron chi connectivity index (χ2n) is 6.59. The van der Waals surface area contributed by atoms with E-state index in [2.05, 4.69) is 12.2 Å². The Morgan fingerprint density at radius 3 is 1.85 bits per heavy atom. The predicted molar refractivity (Wildman–Crippen MR) is 106 cm³/mol. The highest BCUT2D eigenvalue weighted by Crippen LogP contribution is 2.34. The van der Waals surface area contributed by atoms with E-state index < -0.39 is 12.0 Å². The fourth-order valence-electron chi connectivity index (χ4n) is 3.31. The lowest BCUT2D eigenvalue weighted by molar-refractivity contribution is -0.403. The van der Waals surface area contributed by atoms with E-state index in [4.69, 9.17) is 19.9 Å². The summed E-state index contributed by atoms with van der Waals surface area (Å²) in [7, 11) is 0. The monoisotopic (exact) mass is 374 g/mol. The number of primary amides is 1. The number of carbonyl (C=O) groups is 1. The van der Waals surface area contributed by atoms with Gasteiger partial charge in [0.25, 0.3) is 5.97 Å². The smallest absolute Gasteiger partial charge is 0.312 e. The number of ether oxygens (including phenoxy) is 3. The van der Waals surface area contributed by atoms with Crippen molar-refractivity contribution >= 4 is 6.03 Å². The zero-order valence-corrected chi connectivity index (χ0v) is 17.5. The van der Waals surface area contributed by atoms with Crippen molar-refractivity contribution in [1.82, 2.24) is 5.32 Å². The van der Waals surface area contributed by atoms with Crippen molar-refractivity contribution in [3.63, 3.8) is 0 Å². The molecule has 0 saturated heterocycles. The van der Waals surface area contributed by atoms with Crippen LogP contribution in [-0.2, 0) is 14.2 Å². The molecule has 0 spiro atoms. The summed E-state index contributed by atoms with van der Waals surface area (Å²) in [6, 6.07) is -0.483. The Morgan fingerprint density at radius 1 is 0.846 bits per heavy atom. The Morgan fingerprint density at radius 2 is 1.35 bits per heavy atom. The van der Waals surface area contributed by atoms with Gasteiger partial charge >= 0.3 is 6.03 Å². The third kappa shape index (κ3) is 11.0. The van der Waals surface area contributed by atoms with Crippen LogP contribution in [0.5, 0.6) is 0 Å². The topological polar surface area (TPSA) is 82.8 Å². The quantitative estimate of drug-likeness (QED) is 0.272. The van der Waals surface area contributed by atoms with Crippen LogP contribution in [0.25, 0.3) is 0 Å². The summed E-state index contributed by atoms with van der Waals surface area (Å²) in [6.07, 6.45) is 10.2. The minimum absolute atomic E-state index is 0.128. The number of carbonyl (C=O) groups excluding carboxylic acids is 1. The second-order valence-corrected chi connectivity index (χ2v) is 6.59. The Bertz CT molecular complexity index is 323. The number of amides is 2. The molecule has 0 heterocycles. The summed E-state index contributed by atoms with van der Waals surface area (Å²) < 4.78 is 18.0. The van der Waals surface area contributed by atoms with Crippen LogP contribution < -0.4 is 11.1 Å². The number of urea groups is 1. The van der Waals surface area contributed by atoms with Crippen molar-refractivity contribution in [1.29, 1.82) is 0 Å². The van der Waals surface area contributed by atoms with Gasteiger partial charge in [0.2, 0.25) is 0 Å². The molecule has 156 valence electrons. The number of rotatable bonds is 18. The maximum absolute atomic E-state index is 10.9. The summed E-state index contributed by atoms with van der Waals surface area (Å²) in [5, 5.41) is 2.66. The van der Waals surface area contributed by atoms with Gasteiger partial charge < -0.3 is 25.3 Å². The van der Waals surface area contributed by atoms with E-state index >= 15 is 0 Å². The van der Waals surface area contributed by atoms with E-state index in [9.17, 15) is 4.79 Å². The molecule has 26 heavy (non-hydrogen) atoms. The standard InChI is InChI=1S/C20H42N2O4/c1-5-9-10-11-12-13-15-18(16-14-17-22-19(21)23)20(24-6-2,25-7-3)26-8-4/h18H,5-17H2,1-4H3,(H3,21,22,23). The molecule has 2 amide bonds. The molecule has 0 saturated carbocycles. The summed E-state index contributed by atoms with van der Waals surface area (Å²) >= 11 is 0. The first-order valence-electron chi connectivity index (χ1n) is 10.5. The van der Waals surface area contributed by atoms with Crippen molar-refractivity contribution in [3.8, 4) is 0 Å². The predicted octanol–water partition coefficient (Wildman–Crippen LogP) is 4.57. The van der Waals surface area contributed by atoms with E-state index in [0.29, 0.717) is 26.4 Å². The first-order chi connectivity index (χ1) is 12.6. The molecule has 6 nitrogen and oxygen atoms in total. The largest absolute Gasteiger partial charge is 0.352 e. The normalized spacial score (nSPS) is 12.9. The van der Waals surface area contributed by atoms with E-state index in [-0.39, 0.29) is 5.92 Å². The Labute approximate surface area is 160 Å². The van der Waals surface area contributed by atoms with E-state index in [1.807, 2.05) is 20.8 Å². The van der Waals surface area contributed by atoms with Crippen LogP contribution in [0.15, 0.2) is 0 Å². The fourth-order valence-corrected chi connectivity index (χ4v) is 3.31. The van der Waals surface area contributed by atoms with E-state index in [1.54, 1.807) is 0 Å². The molecule has 0 aliphatic heterocycles. The van der Waals surface area contributed by atoms with Crippen molar-refractivity contribution in [2.24, 2.45) is 11.7 Å². The van der Waals surface area contributed by atoms with Gasteiger partial charge in [0.05, 0.1) is 0 Å². The lowest BCUT2D eigenvalue weighted by Crippen LogP contribution is -2.47. The van der Waals surface area contributed by atoms with Crippen molar-refractivity contribution in [2.75, 3.05) is 26.4 Å². The van der Waals surface area contributed by atoms with Crippen LogP contribution in [-0.4, -0.2) is 38.4 Å². The molecule has 0 bridgehead atoms. The SMILES string of the molecule is CCCCCCCCC(CCCNC(N)=O)C(OCC)(OCC)OCC. The molecule has 0 fully saturated rings. The number of unbranched alkanes of at least 4 members (excludes halogenated alkanes) is 5. The minimum atomic E-state index is -0.992. The molecule has 0 aromatic heterocycles. The molecular weight excluding hydrogens is 332 g/mol. The first-order valence-corrected chi connectivity index (χ1v) is 10.5. The van der Waals surface area contributed by atoms with Gasteiger partial charge in [-0.3, -0.25) is 0 Å². The maximum atomic E-state index is 10.9. The molecule has 0 radical (unpaired) electrons. The Hall–Kier alpha value is -0.850. The highest BCUT2D eigenvalue weighted by Gasteiger charge is 2.41. The first kappa shape index (κ1) is 25.1. The molecule has 0 aliphatic rings. The lowest BCUT2D eigenvalue weighted by Gasteiger charge is -2.39. The molecule has 0 aliphatic carbocycles. The average molecular weight is 375 g/mol. The van der Waals surface area contributed by atoms with Crippen molar-refractivity contribution < 1.29 is 19.0 Å². The highest BCUT2D eigenvalue weighted by atomic mass is 16.9. The highest BCUT2D eigenvalue weighted by molar-refractivity contribution is 5.71. The van der Waals surface area contributed by atoms with Gasteiger partial charge in [0.1, 0.15) is 0 Å². The van der Waals surface area contributed by atoms with Crippen molar-refractivity contribution in [3.05, 3.63) is 0 Å². The van der Waals surface area contributed by atoms with Gasteiger partial charge in [-0.05, 0) is 40.0 Å². The van der Waals surface area contributed by atoms with Crippen LogP contribution >= 0.6 is 0 Å². The van der Waals surface area contributed by atoms with Gasteiger partial charge in [0, 0.05) is 32.3 Å². The van der Waals surface area contributed by atoms with Gasteiger partial charge in [-0.25, -0.2) is 4.79 Å². The summed E-state index contributed by atoms with van der Waals surface area (Å²) in [5.41, 5.74) is 5.15. The molecule has 1 atom stereocenters. The molecule has 1 unspecified atom stereocenters. The van der Waals surface area contributed by atoms with Crippen LogP contribution in [0.4, 0.5) is 4.79 Å². The van der Waals surface area contributed by atoms with Gasteiger partial charge in [-0.15, -0.1) is 0 Å². The molecule has 0 rings (SSSR count). The zero-order chi connectivity index (χ0) is 19.7. The Balaban J connectivity index is 4.82. The van der Waals surface area contributed by atoms with Gasteiger partial charge in [-0.2, -0.15) is 0 Å².